The molecule has 0 radical (unpaired) electrons. The Hall–Kier alpha value is -2.35. The van der Waals surface area contributed by atoms with Crippen molar-refractivity contribution in [3.63, 3.8) is 0 Å². The van der Waals surface area contributed by atoms with Crippen LogP contribution in [-0.4, -0.2) is 0 Å². The number of allylic oxidation sites excluding steroid dienone is 4. The van der Waals surface area contributed by atoms with E-state index in [0.717, 1.165) is 23.1 Å². The van der Waals surface area contributed by atoms with Crippen LogP contribution in [-0.2, 0) is 6.42 Å². The van der Waals surface area contributed by atoms with Gasteiger partial charge in [0.2, 0.25) is 0 Å². The fraction of sp³-hybridized carbons (Fsp3) is 0.158. The van der Waals surface area contributed by atoms with Crippen LogP contribution in [0.5, 0.6) is 0 Å². The third-order valence-corrected chi connectivity index (χ3v) is 3.37. The molecule has 2 aromatic carbocycles. The summed E-state index contributed by atoms with van der Waals surface area (Å²) in [7, 11) is 0. The molecule has 0 unspecified atom stereocenters. The van der Waals surface area contributed by atoms with E-state index in [4.69, 9.17) is 5.73 Å². The lowest BCUT2D eigenvalue weighted by Crippen LogP contribution is -2.03. The third-order valence-electron chi connectivity index (χ3n) is 3.37. The molecule has 0 atom stereocenters. The van der Waals surface area contributed by atoms with E-state index in [1.165, 1.54) is 0 Å². The molecule has 2 aromatic rings. The smallest absolute Gasteiger partial charge is 0.142 e. The fourth-order valence-corrected chi connectivity index (χ4v) is 2.19. The first kappa shape index (κ1) is 15.0. The van der Waals surface area contributed by atoms with Crippen LogP contribution in [0.1, 0.15) is 24.5 Å². The topological polar surface area (TPSA) is 26.0 Å². The van der Waals surface area contributed by atoms with Gasteiger partial charge in [0.25, 0.3) is 0 Å². The molecule has 0 amide bonds. The van der Waals surface area contributed by atoms with Gasteiger partial charge in [0.05, 0.1) is 0 Å². The van der Waals surface area contributed by atoms with Gasteiger partial charge in [0.1, 0.15) is 5.83 Å². The van der Waals surface area contributed by atoms with Gasteiger partial charge in [-0.15, -0.1) is 0 Å². The Balaban J connectivity index is 2.22. The summed E-state index contributed by atoms with van der Waals surface area (Å²) in [6.45, 7) is 2.01. The Bertz CT molecular complexity index is 627. The normalized spacial score (nSPS) is 13.0. The molecule has 0 fully saturated rings. The molecule has 0 aromatic heterocycles. The summed E-state index contributed by atoms with van der Waals surface area (Å²) in [5.74, 6) is -0.348. The molecule has 0 aliphatic heterocycles. The molecule has 2 heteroatoms. The van der Waals surface area contributed by atoms with Gasteiger partial charge in [-0.1, -0.05) is 67.6 Å². The van der Waals surface area contributed by atoms with Gasteiger partial charge in [-0.3, -0.25) is 0 Å². The van der Waals surface area contributed by atoms with Crippen molar-refractivity contribution in [2.45, 2.75) is 19.8 Å². The first-order valence-corrected chi connectivity index (χ1v) is 7.14. The molecule has 0 saturated carbocycles. The summed E-state index contributed by atoms with van der Waals surface area (Å²) in [6, 6.07) is 19.5. The van der Waals surface area contributed by atoms with Crippen molar-refractivity contribution < 1.29 is 4.39 Å². The molecule has 0 aliphatic carbocycles. The maximum Gasteiger partial charge on any atom is 0.142 e. The molecule has 0 spiro atoms. The van der Waals surface area contributed by atoms with E-state index < -0.39 is 0 Å². The second-order valence-electron chi connectivity index (χ2n) is 4.92. The summed E-state index contributed by atoms with van der Waals surface area (Å²) in [5, 5.41) is 0. The maximum atomic E-state index is 14.3. The summed E-state index contributed by atoms with van der Waals surface area (Å²) in [6.07, 6.45) is 2.73. The van der Waals surface area contributed by atoms with Crippen molar-refractivity contribution in [2.24, 2.45) is 5.73 Å². The zero-order chi connectivity index (χ0) is 15.1. The molecule has 108 valence electrons. The van der Waals surface area contributed by atoms with Gasteiger partial charge in [0.15, 0.2) is 0 Å². The first-order chi connectivity index (χ1) is 10.2. The molecular weight excluding hydrogens is 261 g/mol. The number of halogens is 1. The van der Waals surface area contributed by atoms with Crippen LogP contribution < -0.4 is 5.73 Å². The summed E-state index contributed by atoms with van der Waals surface area (Å²) in [4.78, 5) is 0. The third kappa shape index (κ3) is 4.32. The van der Waals surface area contributed by atoms with Crippen LogP contribution in [0.3, 0.4) is 0 Å². The monoisotopic (exact) mass is 281 g/mol. The second kappa shape index (κ2) is 7.44. The van der Waals surface area contributed by atoms with E-state index in [1.54, 1.807) is 6.08 Å². The van der Waals surface area contributed by atoms with Gasteiger partial charge >= 0.3 is 0 Å². The molecular formula is C19H20FN. The molecule has 2 rings (SSSR count). The van der Waals surface area contributed by atoms with E-state index in [0.29, 0.717) is 6.42 Å². The molecule has 0 aliphatic rings. The number of rotatable bonds is 5. The maximum absolute atomic E-state index is 14.3. The van der Waals surface area contributed by atoms with E-state index in [-0.39, 0.29) is 11.5 Å². The minimum absolute atomic E-state index is 0.267. The zero-order valence-electron chi connectivity index (χ0n) is 12.2. The van der Waals surface area contributed by atoms with Crippen LogP contribution in [0.25, 0.3) is 5.57 Å². The van der Waals surface area contributed by atoms with Crippen molar-refractivity contribution >= 4 is 5.57 Å². The Kier molecular flexibility index (Phi) is 5.33. The lowest BCUT2D eigenvalue weighted by molar-refractivity contribution is 0.647. The lowest BCUT2D eigenvalue weighted by atomic mass is 10.0. The van der Waals surface area contributed by atoms with Gasteiger partial charge in [-0.2, -0.15) is 0 Å². The van der Waals surface area contributed by atoms with Crippen LogP contribution in [0.2, 0.25) is 0 Å². The van der Waals surface area contributed by atoms with E-state index in [9.17, 15) is 4.39 Å². The molecule has 0 heterocycles. The van der Waals surface area contributed by atoms with Crippen LogP contribution in [0.15, 0.2) is 78.3 Å². The van der Waals surface area contributed by atoms with Crippen molar-refractivity contribution in [3.8, 4) is 0 Å². The Labute approximate surface area is 125 Å². The lowest BCUT2D eigenvalue weighted by Gasteiger charge is -2.06. The minimum Gasteiger partial charge on any atom is -0.399 e. The van der Waals surface area contributed by atoms with Crippen LogP contribution in [0.4, 0.5) is 4.39 Å². The van der Waals surface area contributed by atoms with Gasteiger partial charge < -0.3 is 5.73 Å². The molecule has 1 nitrogen and oxygen atoms in total. The SMILES string of the molecule is CC/C(=C\C(F)=C(\N)Cc1ccccc1)c1ccccc1. The summed E-state index contributed by atoms with van der Waals surface area (Å²) >= 11 is 0. The highest BCUT2D eigenvalue weighted by atomic mass is 19.1. The van der Waals surface area contributed by atoms with Crippen LogP contribution in [0, 0.1) is 0 Å². The van der Waals surface area contributed by atoms with Gasteiger partial charge in [-0.25, -0.2) is 4.39 Å². The second-order valence-corrected chi connectivity index (χ2v) is 4.92. The highest BCUT2D eigenvalue weighted by molar-refractivity contribution is 5.67. The van der Waals surface area contributed by atoms with Gasteiger partial charge in [-0.05, 0) is 29.2 Å². The van der Waals surface area contributed by atoms with Crippen LogP contribution >= 0.6 is 0 Å². The van der Waals surface area contributed by atoms with E-state index >= 15 is 0 Å². The fourth-order valence-electron chi connectivity index (χ4n) is 2.19. The quantitative estimate of drug-likeness (QED) is 0.778. The highest BCUT2D eigenvalue weighted by Crippen LogP contribution is 2.21. The average Bonchev–Trinajstić information content (AvgIpc) is 2.54. The summed E-state index contributed by atoms with van der Waals surface area (Å²) < 4.78 is 14.3. The zero-order valence-corrected chi connectivity index (χ0v) is 12.2. The number of nitrogens with two attached hydrogens (primary N) is 1. The standard InChI is InChI=1S/C19H20FN/c1-2-16(17-11-7-4-8-12-17)14-18(20)19(21)13-15-9-5-3-6-10-15/h3-12,14H,2,13,21H2,1H3/b16-14+,19-18-. The molecule has 2 N–H and O–H groups in total. The Morgan fingerprint density at radius 3 is 2.14 bits per heavy atom. The Morgan fingerprint density at radius 1 is 1.00 bits per heavy atom. The molecule has 0 saturated heterocycles. The average molecular weight is 281 g/mol. The minimum atomic E-state index is -0.348. The van der Waals surface area contributed by atoms with Crippen molar-refractivity contribution in [2.75, 3.05) is 0 Å². The van der Waals surface area contributed by atoms with E-state index in [2.05, 4.69) is 0 Å². The predicted molar refractivity (Wildman–Crippen MR) is 87.2 cm³/mol. The first-order valence-electron chi connectivity index (χ1n) is 7.14. The molecule has 21 heavy (non-hydrogen) atoms. The summed E-state index contributed by atoms with van der Waals surface area (Å²) in [5.41, 5.74) is 9.15. The van der Waals surface area contributed by atoms with E-state index in [1.807, 2.05) is 67.6 Å². The number of hydrogen-bond donors (Lipinski definition) is 1. The van der Waals surface area contributed by atoms with Crippen molar-refractivity contribution in [3.05, 3.63) is 89.4 Å². The number of hydrogen-bond acceptors (Lipinski definition) is 1. The predicted octanol–water partition coefficient (Wildman–Crippen LogP) is 4.86. The van der Waals surface area contributed by atoms with Gasteiger partial charge in [0, 0.05) is 12.1 Å². The highest BCUT2D eigenvalue weighted by Gasteiger charge is 2.05. The van der Waals surface area contributed by atoms with Crippen molar-refractivity contribution in [1.29, 1.82) is 0 Å². The molecule has 0 bridgehead atoms. The Morgan fingerprint density at radius 2 is 1.57 bits per heavy atom. The largest absolute Gasteiger partial charge is 0.399 e. The number of benzene rings is 2. The van der Waals surface area contributed by atoms with Crippen molar-refractivity contribution in [1.82, 2.24) is 0 Å².